The number of hydrogen-bond acceptors (Lipinski definition) is 4. The van der Waals surface area contributed by atoms with Crippen molar-refractivity contribution in [2.24, 2.45) is 0 Å². The Kier molecular flexibility index (Phi) is 5.28. The Balaban J connectivity index is 2.03. The summed E-state index contributed by atoms with van der Waals surface area (Å²) in [6, 6.07) is 9.01. The summed E-state index contributed by atoms with van der Waals surface area (Å²) in [5.74, 6) is -0.228. The second-order valence-corrected chi connectivity index (χ2v) is 5.05. The maximum absolute atomic E-state index is 12.2. The third-order valence-electron chi connectivity index (χ3n) is 3.37. The first-order valence-corrected chi connectivity index (χ1v) is 7.04. The van der Waals surface area contributed by atoms with Crippen molar-refractivity contribution in [3.8, 4) is 6.07 Å². The lowest BCUT2D eigenvalue weighted by Crippen LogP contribution is -2.41. The van der Waals surface area contributed by atoms with Gasteiger partial charge in [0.2, 0.25) is 5.91 Å². The average molecular weight is 298 g/mol. The number of imide groups is 1. The largest absolute Gasteiger partial charge is 0.336 e. The van der Waals surface area contributed by atoms with E-state index in [1.807, 2.05) is 17.0 Å². The fourth-order valence-electron chi connectivity index (χ4n) is 2.35. The van der Waals surface area contributed by atoms with Gasteiger partial charge in [-0.1, -0.05) is 18.2 Å². The van der Waals surface area contributed by atoms with Crippen LogP contribution in [-0.4, -0.2) is 47.9 Å². The van der Waals surface area contributed by atoms with Crippen molar-refractivity contribution in [3.63, 3.8) is 0 Å². The Morgan fingerprint density at radius 3 is 3.00 bits per heavy atom. The van der Waals surface area contributed by atoms with E-state index in [4.69, 9.17) is 5.26 Å². The number of rotatable bonds is 6. The molecule has 0 aliphatic carbocycles. The first-order valence-electron chi connectivity index (χ1n) is 7.04. The van der Waals surface area contributed by atoms with Gasteiger partial charge >= 0.3 is 6.03 Å². The van der Waals surface area contributed by atoms with Crippen LogP contribution in [0, 0.1) is 11.3 Å². The van der Waals surface area contributed by atoms with Gasteiger partial charge in [0, 0.05) is 26.2 Å². The number of nitrogens with one attached hydrogen (secondary N) is 1. The number of benzene rings is 1. The standard InChI is InChI=1S/C16H18N4O2/c1-2-7-19(11-14-5-3-4-13(9-14)10-17)12-15(21)20-8-6-18-16(20)22/h2-5,9H,1,6-8,11-12H2,(H,18,22). The zero-order chi connectivity index (χ0) is 15.9. The number of carbonyl (C=O) groups excluding carboxylic acids is 2. The van der Waals surface area contributed by atoms with Crippen LogP contribution in [0.5, 0.6) is 0 Å². The topological polar surface area (TPSA) is 76.4 Å². The van der Waals surface area contributed by atoms with E-state index in [-0.39, 0.29) is 18.5 Å². The van der Waals surface area contributed by atoms with Gasteiger partial charge in [-0.15, -0.1) is 6.58 Å². The van der Waals surface area contributed by atoms with Crippen LogP contribution in [0.4, 0.5) is 4.79 Å². The van der Waals surface area contributed by atoms with Gasteiger partial charge in [0.05, 0.1) is 18.2 Å². The fourth-order valence-corrected chi connectivity index (χ4v) is 2.35. The minimum Gasteiger partial charge on any atom is -0.336 e. The summed E-state index contributed by atoms with van der Waals surface area (Å²) in [6.45, 7) is 5.78. The van der Waals surface area contributed by atoms with Crippen LogP contribution in [0.3, 0.4) is 0 Å². The maximum Gasteiger partial charge on any atom is 0.324 e. The molecule has 0 spiro atoms. The molecule has 6 nitrogen and oxygen atoms in total. The first-order chi connectivity index (χ1) is 10.6. The van der Waals surface area contributed by atoms with Gasteiger partial charge in [-0.05, 0) is 17.7 Å². The molecule has 0 aromatic heterocycles. The van der Waals surface area contributed by atoms with E-state index in [0.29, 0.717) is 31.7 Å². The Morgan fingerprint density at radius 1 is 1.55 bits per heavy atom. The molecule has 0 atom stereocenters. The second-order valence-electron chi connectivity index (χ2n) is 5.05. The van der Waals surface area contributed by atoms with Crippen LogP contribution < -0.4 is 5.32 Å². The van der Waals surface area contributed by atoms with Crippen molar-refractivity contribution in [1.29, 1.82) is 5.26 Å². The fraction of sp³-hybridized carbons (Fsp3) is 0.312. The van der Waals surface area contributed by atoms with E-state index >= 15 is 0 Å². The molecular formula is C16H18N4O2. The van der Waals surface area contributed by atoms with Gasteiger partial charge in [0.15, 0.2) is 0 Å². The summed E-state index contributed by atoms with van der Waals surface area (Å²) in [5, 5.41) is 11.5. The van der Waals surface area contributed by atoms with Gasteiger partial charge in [-0.3, -0.25) is 14.6 Å². The number of amides is 3. The predicted molar refractivity (Wildman–Crippen MR) is 81.7 cm³/mol. The van der Waals surface area contributed by atoms with Gasteiger partial charge in [0.1, 0.15) is 0 Å². The van der Waals surface area contributed by atoms with Crippen molar-refractivity contribution in [3.05, 3.63) is 48.0 Å². The van der Waals surface area contributed by atoms with Crippen molar-refractivity contribution in [1.82, 2.24) is 15.1 Å². The molecular weight excluding hydrogens is 280 g/mol. The first kappa shape index (κ1) is 15.7. The summed E-state index contributed by atoms with van der Waals surface area (Å²) < 4.78 is 0. The molecule has 1 N–H and O–H groups in total. The van der Waals surface area contributed by atoms with E-state index in [1.165, 1.54) is 4.90 Å². The SMILES string of the molecule is C=CCN(CC(=O)N1CCNC1=O)Cc1cccc(C#N)c1. The number of urea groups is 1. The molecule has 1 heterocycles. The van der Waals surface area contributed by atoms with E-state index < -0.39 is 0 Å². The minimum atomic E-state index is -0.338. The van der Waals surface area contributed by atoms with Crippen LogP contribution in [0.25, 0.3) is 0 Å². The number of hydrogen-bond donors (Lipinski definition) is 1. The Bertz CT molecular complexity index is 621. The summed E-state index contributed by atoms with van der Waals surface area (Å²) in [7, 11) is 0. The molecule has 1 saturated heterocycles. The third-order valence-corrected chi connectivity index (χ3v) is 3.37. The van der Waals surface area contributed by atoms with Crippen LogP contribution in [0.1, 0.15) is 11.1 Å². The van der Waals surface area contributed by atoms with Gasteiger partial charge < -0.3 is 5.32 Å². The molecule has 0 radical (unpaired) electrons. The zero-order valence-electron chi connectivity index (χ0n) is 12.3. The molecule has 0 saturated carbocycles. The van der Waals surface area contributed by atoms with Crippen LogP contribution in [0.2, 0.25) is 0 Å². The zero-order valence-corrected chi connectivity index (χ0v) is 12.3. The Labute approximate surface area is 129 Å². The van der Waals surface area contributed by atoms with Gasteiger partial charge in [-0.2, -0.15) is 5.26 Å². The molecule has 6 heteroatoms. The summed E-state index contributed by atoms with van der Waals surface area (Å²) in [5.41, 5.74) is 1.53. The van der Waals surface area contributed by atoms with E-state index in [1.54, 1.807) is 18.2 Å². The molecule has 1 aromatic rings. The molecule has 1 aliphatic rings. The summed E-state index contributed by atoms with van der Waals surface area (Å²) >= 11 is 0. The molecule has 22 heavy (non-hydrogen) atoms. The highest BCUT2D eigenvalue weighted by molar-refractivity contribution is 5.96. The normalized spacial score (nSPS) is 13.8. The van der Waals surface area contributed by atoms with E-state index in [0.717, 1.165) is 5.56 Å². The molecule has 1 fully saturated rings. The quantitative estimate of drug-likeness (QED) is 0.798. The molecule has 3 amide bonds. The molecule has 0 bridgehead atoms. The van der Waals surface area contributed by atoms with Crippen molar-refractivity contribution < 1.29 is 9.59 Å². The van der Waals surface area contributed by atoms with E-state index in [2.05, 4.69) is 18.0 Å². The number of nitrogens with zero attached hydrogens (tertiary/aromatic N) is 3. The lowest BCUT2D eigenvalue weighted by molar-refractivity contribution is -0.128. The number of nitriles is 1. The predicted octanol–water partition coefficient (Wildman–Crippen LogP) is 1.10. The number of carbonyl (C=O) groups is 2. The Hall–Kier alpha value is -2.65. The van der Waals surface area contributed by atoms with Crippen molar-refractivity contribution >= 4 is 11.9 Å². The third kappa shape index (κ3) is 3.93. The lowest BCUT2D eigenvalue weighted by Gasteiger charge is -2.22. The highest BCUT2D eigenvalue weighted by Crippen LogP contribution is 2.09. The molecule has 114 valence electrons. The molecule has 1 aromatic carbocycles. The summed E-state index contributed by atoms with van der Waals surface area (Å²) in [4.78, 5) is 26.8. The summed E-state index contributed by atoms with van der Waals surface area (Å²) in [6.07, 6.45) is 1.71. The van der Waals surface area contributed by atoms with E-state index in [9.17, 15) is 9.59 Å². The van der Waals surface area contributed by atoms with Gasteiger partial charge in [0.25, 0.3) is 0 Å². The van der Waals surface area contributed by atoms with Crippen molar-refractivity contribution in [2.45, 2.75) is 6.54 Å². The monoisotopic (exact) mass is 298 g/mol. The van der Waals surface area contributed by atoms with Crippen LogP contribution in [0.15, 0.2) is 36.9 Å². The van der Waals surface area contributed by atoms with Crippen molar-refractivity contribution in [2.75, 3.05) is 26.2 Å². The molecule has 0 unspecified atom stereocenters. The Morgan fingerprint density at radius 2 is 2.36 bits per heavy atom. The minimum absolute atomic E-state index is 0.135. The van der Waals surface area contributed by atoms with Crippen LogP contribution >= 0.6 is 0 Å². The molecule has 1 aliphatic heterocycles. The van der Waals surface area contributed by atoms with Gasteiger partial charge in [-0.25, -0.2) is 4.79 Å². The smallest absolute Gasteiger partial charge is 0.324 e. The molecule has 2 rings (SSSR count). The average Bonchev–Trinajstić information content (AvgIpc) is 2.94. The maximum atomic E-state index is 12.2. The second kappa shape index (κ2) is 7.38. The highest BCUT2D eigenvalue weighted by atomic mass is 16.2. The highest BCUT2D eigenvalue weighted by Gasteiger charge is 2.27. The van der Waals surface area contributed by atoms with Crippen LogP contribution in [-0.2, 0) is 11.3 Å². The lowest BCUT2D eigenvalue weighted by atomic mass is 10.1.